The number of aromatic amines is 1. The quantitative estimate of drug-likeness (QED) is 0.811. The smallest absolute Gasteiger partial charge is 0.196 e. The molecule has 1 aromatic carbocycles. The van der Waals surface area contributed by atoms with Crippen molar-refractivity contribution in [3.05, 3.63) is 41.2 Å². The number of aromatic nitrogens is 2. The highest BCUT2D eigenvalue weighted by Crippen LogP contribution is 2.62. The van der Waals surface area contributed by atoms with Crippen molar-refractivity contribution >= 4 is 5.78 Å². The summed E-state index contributed by atoms with van der Waals surface area (Å²) in [6, 6.07) is 5.96. The molecule has 2 N–H and O–H groups in total. The Morgan fingerprint density at radius 2 is 1.93 bits per heavy atom. The summed E-state index contributed by atoms with van der Waals surface area (Å²) < 4.78 is 0. The Labute approximate surface area is 169 Å². The summed E-state index contributed by atoms with van der Waals surface area (Å²) in [4.78, 5) is 26.3. The minimum Gasteiger partial charge on any atom is -0.370 e. The summed E-state index contributed by atoms with van der Waals surface area (Å²) in [5, 5.41) is 7.09. The molecule has 7 heteroatoms. The molecule has 0 bridgehead atoms. The Hall–Kier alpha value is -2.38. The van der Waals surface area contributed by atoms with Gasteiger partial charge in [-0.15, -0.1) is 0 Å². The highest BCUT2D eigenvalue weighted by molar-refractivity contribution is 6.05. The summed E-state index contributed by atoms with van der Waals surface area (Å²) >= 11 is 0. The van der Waals surface area contributed by atoms with Crippen LogP contribution in [0.15, 0.2) is 24.4 Å². The van der Waals surface area contributed by atoms with E-state index in [1.807, 2.05) is 24.4 Å². The second kappa shape index (κ2) is 6.57. The summed E-state index contributed by atoms with van der Waals surface area (Å²) in [7, 11) is 0. The van der Waals surface area contributed by atoms with Crippen LogP contribution in [-0.2, 0) is 12.0 Å². The first-order valence-corrected chi connectivity index (χ1v) is 10.7. The van der Waals surface area contributed by atoms with Crippen LogP contribution in [0.3, 0.4) is 0 Å². The van der Waals surface area contributed by atoms with Crippen molar-refractivity contribution in [2.75, 3.05) is 13.1 Å². The fraction of sp³-hybridized carbons (Fsp3) is 0.545. The molecule has 6 rings (SSSR count). The average molecular weight is 394 g/mol. The topological polar surface area (TPSA) is 79.5 Å². The molecular formula is C22H26N4O3. The molecule has 29 heavy (non-hydrogen) atoms. The van der Waals surface area contributed by atoms with Crippen LogP contribution in [0, 0.1) is 11.8 Å². The van der Waals surface area contributed by atoms with E-state index in [1.165, 1.54) is 24.1 Å². The molecule has 1 unspecified atom stereocenters. The average Bonchev–Trinajstić information content (AvgIpc) is 3.08. The number of fused-ring (bicyclic) bond motifs is 3. The van der Waals surface area contributed by atoms with Gasteiger partial charge >= 0.3 is 0 Å². The third-order valence-electron chi connectivity index (χ3n) is 7.48. The number of likely N-dealkylation sites (tertiary alicyclic amines) is 1. The number of nitrogens with one attached hydrogen (secondary N) is 2. The maximum atomic E-state index is 13.2. The van der Waals surface area contributed by atoms with Crippen LogP contribution >= 0.6 is 0 Å². The van der Waals surface area contributed by atoms with Gasteiger partial charge in [0.05, 0.1) is 0 Å². The number of rotatable bonds is 5. The van der Waals surface area contributed by atoms with E-state index < -0.39 is 0 Å². The standard InChI is InChI=1S/C22H26N4O3/c27-21-16-11-19-20(29-25-28-19)12-18(16)22(6-7-22)17(21)2-1-14-4-9-26(10-5-14)13-15-3-8-23-24-15/h3,8,11-12,14,17,25H,1-2,4-7,9-10,13H2,(H,23,24). The molecule has 3 heterocycles. The molecule has 2 fully saturated rings. The van der Waals surface area contributed by atoms with Gasteiger partial charge in [-0.25, -0.2) is 0 Å². The van der Waals surface area contributed by atoms with Gasteiger partial charge in [0, 0.05) is 41.0 Å². The first-order chi connectivity index (χ1) is 14.2. The summed E-state index contributed by atoms with van der Waals surface area (Å²) in [5.74, 6) is 2.50. The number of carbonyl (C=O) groups excluding carboxylic acids is 1. The maximum absolute atomic E-state index is 13.2. The Kier molecular flexibility index (Phi) is 3.96. The zero-order valence-electron chi connectivity index (χ0n) is 16.4. The number of benzene rings is 1. The van der Waals surface area contributed by atoms with Gasteiger partial charge in [-0.3, -0.25) is 14.8 Å². The van der Waals surface area contributed by atoms with Crippen molar-refractivity contribution in [3.8, 4) is 11.5 Å². The van der Waals surface area contributed by atoms with E-state index >= 15 is 0 Å². The van der Waals surface area contributed by atoms with Crippen molar-refractivity contribution in [2.24, 2.45) is 11.8 Å². The van der Waals surface area contributed by atoms with Crippen LogP contribution in [-0.4, -0.2) is 34.0 Å². The van der Waals surface area contributed by atoms with Gasteiger partial charge in [0.15, 0.2) is 17.3 Å². The lowest BCUT2D eigenvalue weighted by Crippen LogP contribution is -2.33. The van der Waals surface area contributed by atoms with Gasteiger partial charge in [-0.1, -0.05) is 0 Å². The number of carbonyl (C=O) groups is 1. The molecule has 7 nitrogen and oxygen atoms in total. The van der Waals surface area contributed by atoms with Gasteiger partial charge < -0.3 is 9.68 Å². The third kappa shape index (κ3) is 2.87. The Morgan fingerprint density at radius 1 is 1.14 bits per heavy atom. The lowest BCUT2D eigenvalue weighted by Gasteiger charge is -2.32. The van der Waals surface area contributed by atoms with E-state index in [9.17, 15) is 4.79 Å². The number of H-pyrrole nitrogens is 1. The van der Waals surface area contributed by atoms with Gasteiger partial charge in [0.1, 0.15) is 0 Å². The Morgan fingerprint density at radius 3 is 2.66 bits per heavy atom. The van der Waals surface area contributed by atoms with Crippen molar-refractivity contribution in [3.63, 3.8) is 0 Å². The number of nitrogens with zero attached hydrogens (tertiary/aromatic N) is 2. The molecule has 0 radical (unpaired) electrons. The SMILES string of the molecule is O=C1c2cc3c(cc2C2(CC2)C1CCC1CCN(Cc2ccn[nH]2)CC1)ONO3. The number of hydrogen-bond donors (Lipinski definition) is 2. The molecule has 0 amide bonds. The van der Waals surface area contributed by atoms with Gasteiger partial charge in [0.25, 0.3) is 0 Å². The number of ketones is 1. The Balaban J connectivity index is 1.09. The van der Waals surface area contributed by atoms with Crippen molar-refractivity contribution in [1.82, 2.24) is 20.7 Å². The highest BCUT2D eigenvalue weighted by atomic mass is 16.9. The summed E-state index contributed by atoms with van der Waals surface area (Å²) in [5.41, 5.74) is 5.72. The van der Waals surface area contributed by atoms with Crippen molar-refractivity contribution in [1.29, 1.82) is 0 Å². The minimum atomic E-state index is 0.0642. The maximum Gasteiger partial charge on any atom is 0.196 e. The zero-order chi connectivity index (χ0) is 19.4. The van der Waals surface area contributed by atoms with Gasteiger partial charge in [0.2, 0.25) is 0 Å². The predicted molar refractivity (Wildman–Crippen MR) is 105 cm³/mol. The Bertz CT molecular complexity index is 930. The first-order valence-electron chi connectivity index (χ1n) is 10.7. The molecule has 1 atom stereocenters. The third-order valence-corrected chi connectivity index (χ3v) is 7.48. The van der Waals surface area contributed by atoms with Crippen LogP contribution in [0.1, 0.15) is 60.1 Å². The number of hydrogen-bond acceptors (Lipinski definition) is 6. The zero-order valence-corrected chi connectivity index (χ0v) is 16.4. The van der Waals surface area contributed by atoms with E-state index in [0.717, 1.165) is 56.8 Å². The van der Waals surface area contributed by atoms with E-state index in [0.29, 0.717) is 17.3 Å². The lowest BCUT2D eigenvalue weighted by molar-refractivity contribution is 0.0259. The van der Waals surface area contributed by atoms with Crippen LogP contribution in [0.2, 0.25) is 0 Å². The fourth-order valence-corrected chi connectivity index (χ4v) is 5.68. The predicted octanol–water partition coefficient (Wildman–Crippen LogP) is 3.14. The molecule has 1 spiro atoms. The van der Waals surface area contributed by atoms with E-state index in [-0.39, 0.29) is 11.3 Å². The first kappa shape index (κ1) is 17.5. The highest BCUT2D eigenvalue weighted by Gasteiger charge is 2.59. The second-order valence-electron chi connectivity index (χ2n) is 9.08. The van der Waals surface area contributed by atoms with Crippen molar-refractivity contribution < 1.29 is 14.5 Å². The van der Waals surface area contributed by atoms with E-state index in [1.54, 1.807) is 0 Å². The molecule has 1 saturated carbocycles. The molecular weight excluding hydrogens is 368 g/mol. The largest absolute Gasteiger partial charge is 0.370 e. The fourth-order valence-electron chi connectivity index (χ4n) is 5.68. The molecule has 2 aliphatic carbocycles. The van der Waals surface area contributed by atoms with Crippen LogP contribution in [0.4, 0.5) is 0 Å². The van der Waals surface area contributed by atoms with Gasteiger partial charge in [-0.05, 0) is 81.3 Å². The molecule has 1 saturated heterocycles. The van der Waals surface area contributed by atoms with Crippen LogP contribution in [0.5, 0.6) is 11.5 Å². The van der Waals surface area contributed by atoms with E-state index in [2.05, 4.69) is 20.7 Å². The number of Topliss-reactive ketones (excluding diaryl/α,β-unsaturated/α-hetero) is 1. The summed E-state index contributed by atoms with van der Waals surface area (Å²) in [6.45, 7) is 3.21. The summed E-state index contributed by atoms with van der Waals surface area (Å²) in [6.07, 6.45) is 8.64. The van der Waals surface area contributed by atoms with Crippen LogP contribution < -0.4 is 15.3 Å². The monoisotopic (exact) mass is 394 g/mol. The van der Waals surface area contributed by atoms with E-state index in [4.69, 9.17) is 9.68 Å². The lowest BCUT2D eigenvalue weighted by atomic mass is 9.81. The molecule has 2 aromatic rings. The van der Waals surface area contributed by atoms with Crippen molar-refractivity contribution in [2.45, 2.75) is 50.5 Å². The second-order valence-corrected chi connectivity index (χ2v) is 9.08. The van der Waals surface area contributed by atoms with Gasteiger partial charge in [-0.2, -0.15) is 5.10 Å². The minimum absolute atomic E-state index is 0.0642. The molecule has 4 aliphatic rings. The number of piperidine rings is 1. The molecule has 2 aliphatic heterocycles. The molecule has 152 valence electrons. The molecule has 1 aromatic heterocycles. The van der Waals surface area contributed by atoms with Crippen LogP contribution in [0.25, 0.3) is 0 Å². The normalized spacial score (nSPS) is 25.0.